The van der Waals surface area contributed by atoms with Crippen molar-refractivity contribution < 1.29 is 0 Å². The zero-order chi connectivity index (χ0) is 7.82. The number of hydrogen-bond acceptors (Lipinski definition) is 0. The highest BCUT2D eigenvalue weighted by Crippen LogP contribution is 1.99. The van der Waals surface area contributed by atoms with Crippen molar-refractivity contribution >= 4 is 0 Å². The summed E-state index contributed by atoms with van der Waals surface area (Å²) in [6.07, 6.45) is 10.6. The van der Waals surface area contributed by atoms with E-state index < -0.39 is 0 Å². The molecule has 0 aliphatic heterocycles. The van der Waals surface area contributed by atoms with Crippen LogP contribution in [-0.2, 0) is 0 Å². The summed E-state index contributed by atoms with van der Waals surface area (Å²) in [5.41, 5.74) is 1.27. The van der Waals surface area contributed by atoms with Crippen molar-refractivity contribution in [1.29, 1.82) is 0 Å². The Kier molecular flexibility index (Phi) is 5.85. The van der Waals surface area contributed by atoms with E-state index in [-0.39, 0.29) is 0 Å². The topological polar surface area (TPSA) is 0 Å². The lowest BCUT2D eigenvalue weighted by molar-refractivity contribution is 1.04. The van der Waals surface area contributed by atoms with Crippen molar-refractivity contribution in [3.8, 4) is 0 Å². The quantitative estimate of drug-likeness (QED) is 0.315. The van der Waals surface area contributed by atoms with E-state index in [9.17, 15) is 0 Å². The molecule has 0 aromatic rings. The van der Waals surface area contributed by atoms with Gasteiger partial charge in [-0.25, -0.2) is 0 Å². The average molecular weight is 136 g/mol. The minimum Gasteiger partial charge on any atom is -0.0988 e. The fourth-order valence-corrected chi connectivity index (χ4v) is 0.657. The van der Waals surface area contributed by atoms with E-state index in [4.69, 9.17) is 0 Å². The Balaban J connectivity index is 3.42. The Morgan fingerprint density at radius 3 is 2.60 bits per heavy atom. The zero-order valence-corrected chi connectivity index (χ0v) is 6.93. The molecule has 0 unspecified atom stereocenters. The summed E-state index contributed by atoms with van der Waals surface area (Å²) in [6.45, 7) is 7.79. The van der Waals surface area contributed by atoms with Gasteiger partial charge in [0.05, 0.1) is 0 Å². The van der Waals surface area contributed by atoms with Crippen molar-refractivity contribution in [2.45, 2.75) is 26.7 Å². The molecule has 0 amide bonds. The minimum atomic E-state index is 1.13. The van der Waals surface area contributed by atoms with Gasteiger partial charge >= 0.3 is 0 Å². The predicted molar refractivity (Wildman–Crippen MR) is 48.0 cm³/mol. The fourth-order valence-electron chi connectivity index (χ4n) is 0.657. The van der Waals surface area contributed by atoms with Crippen LogP contribution in [0.3, 0.4) is 0 Å². The van der Waals surface area contributed by atoms with Gasteiger partial charge in [0.25, 0.3) is 0 Å². The summed E-state index contributed by atoms with van der Waals surface area (Å²) in [7, 11) is 0. The Bertz CT molecular complexity index is 138. The van der Waals surface area contributed by atoms with E-state index >= 15 is 0 Å². The molecule has 0 N–H and O–H groups in total. The predicted octanol–water partition coefficient (Wildman–Crippen LogP) is 3.48. The highest BCUT2D eigenvalue weighted by atomic mass is 13.8. The number of hydrogen-bond donors (Lipinski definition) is 0. The standard InChI is InChI=1S/C10H16/c1-4-6-7-8-9-10(3)5-2/h4-6,9H,2,7-8H2,1,3H3/b6-4-,10-9-. The van der Waals surface area contributed by atoms with Crippen LogP contribution in [0, 0.1) is 0 Å². The van der Waals surface area contributed by atoms with Crippen molar-refractivity contribution in [3.63, 3.8) is 0 Å². The molecular weight excluding hydrogens is 120 g/mol. The molecule has 0 aromatic heterocycles. The summed E-state index contributed by atoms with van der Waals surface area (Å²) in [4.78, 5) is 0. The first kappa shape index (κ1) is 9.22. The van der Waals surface area contributed by atoms with Crippen LogP contribution in [0.5, 0.6) is 0 Å². The second-order valence-electron chi connectivity index (χ2n) is 2.30. The van der Waals surface area contributed by atoms with Gasteiger partial charge in [-0.05, 0) is 26.7 Å². The van der Waals surface area contributed by atoms with Crippen LogP contribution in [0.4, 0.5) is 0 Å². The van der Waals surface area contributed by atoms with Crippen molar-refractivity contribution in [1.82, 2.24) is 0 Å². The molecule has 0 nitrogen and oxygen atoms in total. The summed E-state index contributed by atoms with van der Waals surface area (Å²) in [6, 6.07) is 0. The lowest BCUT2D eigenvalue weighted by Crippen LogP contribution is -1.68. The van der Waals surface area contributed by atoms with Gasteiger partial charge in [0.2, 0.25) is 0 Å². The molecule has 0 saturated carbocycles. The highest BCUT2D eigenvalue weighted by Gasteiger charge is 1.78. The summed E-state index contributed by atoms with van der Waals surface area (Å²) < 4.78 is 0. The molecular formula is C10H16. The monoisotopic (exact) mass is 136 g/mol. The van der Waals surface area contributed by atoms with Crippen LogP contribution in [0.15, 0.2) is 36.5 Å². The van der Waals surface area contributed by atoms with Gasteiger partial charge in [-0.3, -0.25) is 0 Å². The van der Waals surface area contributed by atoms with Crippen LogP contribution in [0.25, 0.3) is 0 Å². The summed E-state index contributed by atoms with van der Waals surface area (Å²) in [5, 5.41) is 0. The van der Waals surface area contributed by atoms with Gasteiger partial charge in [-0.2, -0.15) is 0 Å². The first-order chi connectivity index (χ1) is 4.81. The molecule has 0 spiro atoms. The molecule has 0 radical (unpaired) electrons. The van der Waals surface area contributed by atoms with E-state index in [1.165, 1.54) is 5.57 Å². The van der Waals surface area contributed by atoms with Crippen molar-refractivity contribution in [2.75, 3.05) is 0 Å². The third-order valence-corrected chi connectivity index (χ3v) is 1.36. The van der Waals surface area contributed by atoms with Crippen molar-refractivity contribution in [3.05, 3.63) is 36.5 Å². The first-order valence-corrected chi connectivity index (χ1v) is 3.71. The lowest BCUT2D eigenvalue weighted by Gasteiger charge is -1.89. The Labute approximate surface area is 64.0 Å². The van der Waals surface area contributed by atoms with E-state index in [0.29, 0.717) is 0 Å². The largest absolute Gasteiger partial charge is 0.0988 e. The van der Waals surface area contributed by atoms with Crippen LogP contribution in [0.1, 0.15) is 26.7 Å². The van der Waals surface area contributed by atoms with E-state index in [2.05, 4.69) is 31.7 Å². The molecule has 0 aromatic carbocycles. The van der Waals surface area contributed by atoms with E-state index in [0.717, 1.165) is 12.8 Å². The second kappa shape index (κ2) is 6.34. The SMILES string of the molecule is C=C/C(C)=C\CC/C=C\C. The molecule has 0 heterocycles. The molecule has 0 aliphatic carbocycles. The third kappa shape index (κ3) is 5.36. The lowest BCUT2D eigenvalue weighted by atomic mass is 10.2. The fraction of sp³-hybridized carbons (Fsp3) is 0.400. The molecule has 56 valence electrons. The van der Waals surface area contributed by atoms with Gasteiger partial charge in [0, 0.05) is 0 Å². The van der Waals surface area contributed by atoms with Gasteiger partial charge in [0.15, 0.2) is 0 Å². The maximum absolute atomic E-state index is 3.67. The summed E-state index contributed by atoms with van der Waals surface area (Å²) >= 11 is 0. The van der Waals surface area contributed by atoms with Gasteiger partial charge < -0.3 is 0 Å². The third-order valence-electron chi connectivity index (χ3n) is 1.36. The second-order valence-corrected chi connectivity index (χ2v) is 2.30. The maximum Gasteiger partial charge on any atom is -0.0310 e. The van der Waals surface area contributed by atoms with Crippen LogP contribution >= 0.6 is 0 Å². The van der Waals surface area contributed by atoms with Crippen LogP contribution in [0.2, 0.25) is 0 Å². The molecule has 0 aliphatic rings. The number of allylic oxidation sites excluding steroid dienone is 5. The van der Waals surface area contributed by atoms with Crippen LogP contribution in [-0.4, -0.2) is 0 Å². The Morgan fingerprint density at radius 2 is 2.10 bits per heavy atom. The highest BCUT2D eigenvalue weighted by molar-refractivity contribution is 5.12. The van der Waals surface area contributed by atoms with E-state index in [1.54, 1.807) is 0 Å². The average Bonchev–Trinajstić information content (AvgIpc) is 1.98. The van der Waals surface area contributed by atoms with Gasteiger partial charge in [-0.15, -0.1) is 0 Å². The van der Waals surface area contributed by atoms with Gasteiger partial charge in [0.1, 0.15) is 0 Å². The zero-order valence-electron chi connectivity index (χ0n) is 6.93. The Hall–Kier alpha value is -0.780. The minimum absolute atomic E-state index is 1.13. The smallest absolute Gasteiger partial charge is 0.0310 e. The number of unbranched alkanes of at least 4 members (excludes halogenated alkanes) is 1. The number of rotatable bonds is 4. The van der Waals surface area contributed by atoms with E-state index in [1.807, 2.05) is 13.0 Å². The van der Waals surface area contributed by atoms with Gasteiger partial charge in [-0.1, -0.05) is 36.5 Å². The molecule has 0 heteroatoms. The molecule has 10 heavy (non-hydrogen) atoms. The normalized spacial score (nSPS) is 12.4. The van der Waals surface area contributed by atoms with Crippen molar-refractivity contribution in [2.24, 2.45) is 0 Å². The Morgan fingerprint density at radius 1 is 1.40 bits per heavy atom. The maximum atomic E-state index is 3.67. The molecule has 0 rings (SSSR count). The van der Waals surface area contributed by atoms with Crippen LogP contribution < -0.4 is 0 Å². The molecule has 0 saturated heterocycles. The first-order valence-electron chi connectivity index (χ1n) is 3.71. The molecule has 0 fully saturated rings. The summed E-state index contributed by atoms with van der Waals surface area (Å²) in [5.74, 6) is 0. The molecule has 0 bridgehead atoms. The molecule has 0 atom stereocenters.